The lowest BCUT2D eigenvalue weighted by Gasteiger charge is -2.39. The summed E-state index contributed by atoms with van der Waals surface area (Å²) in [6, 6.07) is 3.94. The second kappa shape index (κ2) is 4.70. The van der Waals surface area contributed by atoms with E-state index in [0.29, 0.717) is 11.3 Å². The van der Waals surface area contributed by atoms with E-state index in [4.69, 9.17) is 4.74 Å². The van der Waals surface area contributed by atoms with Gasteiger partial charge >= 0.3 is 5.97 Å². The number of amides is 1. The summed E-state index contributed by atoms with van der Waals surface area (Å²) in [6.07, 6.45) is 0. The van der Waals surface area contributed by atoms with Crippen LogP contribution in [-0.2, 0) is 15.1 Å². The number of carboxylic acid groups (broad SMARTS) is 1. The Morgan fingerprint density at radius 1 is 1.40 bits per heavy atom. The number of aromatic hydroxyl groups is 1. The van der Waals surface area contributed by atoms with Gasteiger partial charge in [0.1, 0.15) is 18.1 Å². The molecule has 6 nitrogen and oxygen atoms in total. The lowest BCUT2D eigenvalue weighted by atomic mass is 9.88. The van der Waals surface area contributed by atoms with Crippen LogP contribution in [0.4, 0.5) is 0 Å². The van der Waals surface area contributed by atoms with Crippen molar-refractivity contribution in [2.24, 2.45) is 0 Å². The molecule has 2 N–H and O–H groups in total. The summed E-state index contributed by atoms with van der Waals surface area (Å²) in [5.74, 6) is -1.21. The average molecular weight is 279 g/mol. The highest BCUT2D eigenvalue weighted by atomic mass is 16.5. The minimum absolute atomic E-state index is 0.0103. The van der Waals surface area contributed by atoms with Crippen LogP contribution in [0.3, 0.4) is 0 Å². The van der Waals surface area contributed by atoms with Crippen molar-refractivity contribution in [2.45, 2.75) is 32.4 Å². The van der Waals surface area contributed by atoms with Crippen LogP contribution in [0.5, 0.6) is 11.5 Å². The average Bonchev–Trinajstić information content (AvgIpc) is 2.68. The molecule has 0 saturated carbocycles. The molecule has 1 aliphatic heterocycles. The van der Waals surface area contributed by atoms with Crippen LogP contribution in [0.2, 0.25) is 0 Å². The van der Waals surface area contributed by atoms with Crippen molar-refractivity contribution in [1.82, 2.24) is 4.90 Å². The molecule has 20 heavy (non-hydrogen) atoms. The summed E-state index contributed by atoms with van der Waals surface area (Å²) in [7, 11) is 0. The third-order valence-corrected chi connectivity index (χ3v) is 3.47. The van der Waals surface area contributed by atoms with E-state index >= 15 is 0 Å². The van der Waals surface area contributed by atoms with Crippen molar-refractivity contribution in [2.75, 3.05) is 6.61 Å². The smallest absolute Gasteiger partial charge is 0.338 e. The quantitative estimate of drug-likeness (QED) is 0.871. The number of benzene rings is 1. The molecule has 1 aliphatic rings. The molecule has 1 heterocycles. The Hall–Kier alpha value is -2.24. The summed E-state index contributed by atoms with van der Waals surface area (Å²) < 4.78 is 5.40. The van der Waals surface area contributed by atoms with E-state index in [1.807, 2.05) is 0 Å². The Morgan fingerprint density at radius 3 is 2.55 bits per heavy atom. The minimum Gasteiger partial charge on any atom is -0.508 e. The molecule has 0 spiro atoms. The van der Waals surface area contributed by atoms with E-state index in [2.05, 4.69) is 0 Å². The summed E-state index contributed by atoms with van der Waals surface area (Å²) in [5, 5.41) is 19.2. The lowest BCUT2D eigenvalue weighted by molar-refractivity contribution is -0.162. The fourth-order valence-electron chi connectivity index (χ4n) is 2.78. The van der Waals surface area contributed by atoms with Gasteiger partial charge in [0, 0.05) is 24.6 Å². The molecule has 1 aromatic rings. The molecule has 0 aromatic heterocycles. The number of hydrogen-bond donors (Lipinski definition) is 2. The number of nitrogens with zero attached hydrogens (tertiary/aromatic N) is 1. The molecule has 0 bridgehead atoms. The first-order valence-corrected chi connectivity index (χ1v) is 6.30. The third kappa shape index (κ3) is 1.88. The fourth-order valence-corrected chi connectivity index (χ4v) is 2.78. The second-order valence-electron chi connectivity index (χ2n) is 5.12. The van der Waals surface area contributed by atoms with Gasteiger partial charge < -0.3 is 19.8 Å². The molecular weight excluding hydrogens is 262 g/mol. The number of carboxylic acids is 1. The van der Waals surface area contributed by atoms with Crippen molar-refractivity contribution >= 4 is 11.9 Å². The van der Waals surface area contributed by atoms with Gasteiger partial charge in [0.15, 0.2) is 0 Å². The van der Waals surface area contributed by atoms with E-state index in [-0.39, 0.29) is 24.3 Å². The zero-order valence-electron chi connectivity index (χ0n) is 11.6. The molecule has 0 fully saturated rings. The Morgan fingerprint density at radius 2 is 2.05 bits per heavy atom. The first-order valence-electron chi connectivity index (χ1n) is 6.30. The molecule has 0 saturated heterocycles. The summed E-state index contributed by atoms with van der Waals surface area (Å²) in [4.78, 5) is 25.1. The number of phenolic OH excluding ortho intramolecular Hbond substituents is 1. The molecule has 2 rings (SSSR count). The minimum atomic E-state index is -1.55. The van der Waals surface area contributed by atoms with Crippen LogP contribution in [0.25, 0.3) is 0 Å². The van der Waals surface area contributed by atoms with Gasteiger partial charge in [-0.2, -0.15) is 0 Å². The first-order chi connectivity index (χ1) is 9.30. The maximum atomic E-state index is 11.9. The van der Waals surface area contributed by atoms with Crippen LogP contribution in [0.15, 0.2) is 18.2 Å². The highest BCUT2D eigenvalue weighted by molar-refractivity contribution is 5.89. The largest absolute Gasteiger partial charge is 0.508 e. The molecule has 1 aromatic carbocycles. The number of rotatable bonds is 3. The van der Waals surface area contributed by atoms with Crippen LogP contribution >= 0.6 is 0 Å². The molecule has 6 heteroatoms. The number of fused-ring (bicyclic) bond motifs is 1. The highest BCUT2D eigenvalue weighted by Gasteiger charge is 2.54. The van der Waals surface area contributed by atoms with Crippen LogP contribution < -0.4 is 4.74 Å². The van der Waals surface area contributed by atoms with Gasteiger partial charge in [0.2, 0.25) is 11.4 Å². The Balaban J connectivity index is 2.66. The number of aliphatic carboxylic acids is 1. The van der Waals surface area contributed by atoms with Gasteiger partial charge in [0.05, 0.1) is 0 Å². The molecule has 0 aliphatic carbocycles. The number of carbonyl (C=O) groups is 2. The number of carbonyl (C=O) groups excluding carboxylic acids is 1. The SMILES string of the molecule is CC(=O)N(C(C)C)C1(C(=O)O)COc2cc(O)ccc21. The van der Waals surface area contributed by atoms with E-state index < -0.39 is 11.5 Å². The molecular formula is C14H17NO5. The zero-order valence-corrected chi connectivity index (χ0v) is 11.6. The Bertz CT molecular complexity index is 569. The molecule has 1 unspecified atom stereocenters. The van der Waals surface area contributed by atoms with Crippen LogP contribution in [0, 0.1) is 0 Å². The molecule has 0 radical (unpaired) electrons. The molecule has 1 atom stereocenters. The van der Waals surface area contributed by atoms with Crippen molar-refractivity contribution in [3.8, 4) is 11.5 Å². The van der Waals surface area contributed by atoms with E-state index in [9.17, 15) is 19.8 Å². The predicted molar refractivity (Wildman–Crippen MR) is 70.6 cm³/mol. The van der Waals surface area contributed by atoms with Crippen molar-refractivity contribution in [3.05, 3.63) is 23.8 Å². The van der Waals surface area contributed by atoms with Gasteiger partial charge in [0.25, 0.3) is 0 Å². The van der Waals surface area contributed by atoms with Gasteiger partial charge in [-0.1, -0.05) is 0 Å². The third-order valence-electron chi connectivity index (χ3n) is 3.47. The van der Waals surface area contributed by atoms with Gasteiger partial charge in [-0.25, -0.2) is 4.79 Å². The predicted octanol–water partition coefficient (Wildman–Crippen LogP) is 1.32. The number of phenols is 1. The van der Waals surface area contributed by atoms with Gasteiger partial charge in [-0.3, -0.25) is 4.79 Å². The van der Waals surface area contributed by atoms with Gasteiger partial charge in [-0.15, -0.1) is 0 Å². The summed E-state index contributed by atoms with van der Waals surface area (Å²) in [6.45, 7) is 4.68. The lowest BCUT2D eigenvalue weighted by Crippen LogP contribution is -2.57. The van der Waals surface area contributed by atoms with E-state index in [1.165, 1.54) is 30.0 Å². The maximum absolute atomic E-state index is 11.9. The number of hydrogen-bond acceptors (Lipinski definition) is 4. The summed E-state index contributed by atoms with van der Waals surface area (Å²) in [5.41, 5.74) is -1.17. The fraction of sp³-hybridized carbons (Fsp3) is 0.429. The molecule has 1 amide bonds. The van der Waals surface area contributed by atoms with Crippen molar-refractivity contribution in [1.29, 1.82) is 0 Å². The number of ether oxygens (including phenoxy) is 1. The standard InChI is InChI=1S/C14H17NO5/c1-8(2)15(9(3)16)14(13(18)19)7-20-12-6-10(17)4-5-11(12)14/h4-6,8,17H,7H2,1-3H3,(H,18,19). The van der Waals surface area contributed by atoms with E-state index in [1.54, 1.807) is 13.8 Å². The molecule has 108 valence electrons. The summed E-state index contributed by atoms with van der Waals surface area (Å²) >= 11 is 0. The normalized spacial score (nSPS) is 20.4. The van der Waals surface area contributed by atoms with Crippen molar-refractivity contribution < 1.29 is 24.5 Å². The maximum Gasteiger partial charge on any atom is 0.338 e. The second-order valence-corrected chi connectivity index (χ2v) is 5.12. The Labute approximate surface area is 116 Å². The van der Waals surface area contributed by atoms with Crippen LogP contribution in [-0.4, -0.2) is 39.6 Å². The highest BCUT2D eigenvalue weighted by Crippen LogP contribution is 2.44. The van der Waals surface area contributed by atoms with Gasteiger partial charge in [-0.05, 0) is 26.0 Å². The Kier molecular flexibility index (Phi) is 3.33. The van der Waals surface area contributed by atoms with E-state index in [0.717, 1.165) is 0 Å². The zero-order chi connectivity index (χ0) is 15.1. The van der Waals surface area contributed by atoms with Crippen molar-refractivity contribution in [3.63, 3.8) is 0 Å². The first kappa shape index (κ1) is 14.2. The monoisotopic (exact) mass is 279 g/mol. The van der Waals surface area contributed by atoms with Crippen LogP contribution in [0.1, 0.15) is 26.3 Å². The topological polar surface area (TPSA) is 87.1 Å².